The Morgan fingerprint density at radius 1 is 1.77 bits per heavy atom. The maximum Gasteiger partial charge on any atom is 0.187 e. The summed E-state index contributed by atoms with van der Waals surface area (Å²) in [5.41, 5.74) is 5.01. The molecule has 3 N–H and O–H groups in total. The summed E-state index contributed by atoms with van der Waals surface area (Å²) < 4.78 is 0. The Morgan fingerprint density at radius 2 is 2.54 bits per heavy atom. The SMILES string of the molecule is CC1(O)CCN(c2ncc(N)s2)C1. The highest BCUT2D eigenvalue weighted by Gasteiger charge is 2.32. The summed E-state index contributed by atoms with van der Waals surface area (Å²) in [5.74, 6) is 0. The van der Waals surface area contributed by atoms with Crippen molar-refractivity contribution in [1.82, 2.24) is 4.98 Å². The number of rotatable bonds is 1. The monoisotopic (exact) mass is 199 g/mol. The highest BCUT2D eigenvalue weighted by Crippen LogP contribution is 2.30. The largest absolute Gasteiger partial charge is 0.389 e. The van der Waals surface area contributed by atoms with E-state index >= 15 is 0 Å². The third-order valence-electron chi connectivity index (χ3n) is 2.23. The van der Waals surface area contributed by atoms with Crippen LogP contribution in [-0.4, -0.2) is 28.8 Å². The molecule has 0 saturated carbocycles. The van der Waals surface area contributed by atoms with Crippen LogP contribution in [-0.2, 0) is 0 Å². The van der Waals surface area contributed by atoms with Gasteiger partial charge in [-0.05, 0) is 13.3 Å². The van der Waals surface area contributed by atoms with Crippen molar-refractivity contribution in [3.8, 4) is 0 Å². The summed E-state index contributed by atoms with van der Waals surface area (Å²) in [6, 6.07) is 0. The van der Waals surface area contributed by atoms with Crippen LogP contribution in [0.25, 0.3) is 0 Å². The lowest BCUT2D eigenvalue weighted by Crippen LogP contribution is -2.29. The fraction of sp³-hybridized carbons (Fsp3) is 0.625. The van der Waals surface area contributed by atoms with Crippen molar-refractivity contribution in [3.63, 3.8) is 0 Å². The minimum Gasteiger partial charge on any atom is -0.389 e. The minimum atomic E-state index is -0.569. The molecule has 0 aliphatic carbocycles. The number of thiazole rings is 1. The summed E-state index contributed by atoms with van der Waals surface area (Å²) in [5, 5.41) is 11.4. The molecule has 0 radical (unpaired) electrons. The molecule has 1 fully saturated rings. The number of nitrogens with zero attached hydrogens (tertiary/aromatic N) is 2. The zero-order valence-corrected chi connectivity index (χ0v) is 8.34. The number of nitrogens with two attached hydrogens (primary N) is 1. The third kappa shape index (κ3) is 1.76. The molecule has 13 heavy (non-hydrogen) atoms. The number of anilines is 2. The van der Waals surface area contributed by atoms with E-state index in [1.165, 1.54) is 11.3 Å². The molecule has 1 aliphatic rings. The minimum absolute atomic E-state index is 0.569. The van der Waals surface area contributed by atoms with Gasteiger partial charge in [-0.25, -0.2) is 4.98 Å². The van der Waals surface area contributed by atoms with Gasteiger partial charge in [0.05, 0.1) is 11.8 Å². The predicted octanol–water partition coefficient (Wildman–Crippen LogP) is 0.686. The van der Waals surface area contributed by atoms with Crippen LogP contribution >= 0.6 is 11.3 Å². The lowest BCUT2D eigenvalue weighted by molar-refractivity contribution is 0.0839. The Bertz CT molecular complexity index is 310. The number of nitrogen functional groups attached to an aromatic ring is 1. The van der Waals surface area contributed by atoms with E-state index in [0.29, 0.717) is 6.54 Å². The molecule has 2 heterocycles. The van der Waals surface area contributed by atoms with Gasteiger partial charge in [0.2, 0.25) is 0 Å². The maximum absolute atomic E-state index is 9.74. The second-order valence-electron chi connectivity index (χ2n) is 3.71. The molecule has 1 unspecified atom stereocenters. The predicted molar refractivity (Wildman–Crippen MR) is 54.0 cm³/mol. The summed E-state index contributed by atoms with van der Waals surface area (Å²) in [7, 11) is 0. The first-order valence-corrected chi connectivity index (χ1v) is 5.07. The van der Waals surface area contributed by atoms with Crippen LogP contribution in [0.3, 0.4) is 0 Å². The van der Waals surface area contributed by atoms with E-state index in [1.807, 2.05) is 6.92 Å². The molecule has 4 nitrogen and oxygen atoms in total. The van der Waals surface area contributed by atoms with Crippen molar-refractivity contribution in [2.24, 2.45) is 0 Å². The zero-order chi connectivity index (χ0) is 9.47. The first-order valence-electron chi connectivity index (χ1n) is 4.25. The van der Waals surface area contributed by atoms with E-state index in [0.717, 1.165) is 23.1 Å². The molecule has 1 aromatic heterocycles. The molecule has 1 saturated heterocycles. The standard InChI is InChI=1S/C8H13N3OS/c1-8(12)2-3-11(5-8)7-10-4-6(9)13-7/h4,12H,2-3,5,9H2,1H3. The van der Waals surface area contributed by atoms with Crippen molar-refractivity contribution < 1.29 is 5.11 Å². The van der Waals surface area contributed by atoms with Crippen LogP contribution in [0.4, 0.5) is 10.1 Å². The maximum atomic E-state index is 9.74. The molecular formula is C8H13N3OS. The van der Waals surface area contributed by atoms with Crippen LogP contribution in [0.5, 0.6) is 0 Å². The molecule has 0 amide bonds. The average Bonchev–Trinajstić information content (AvgIpc) is 2.56. The van der Waals surface area contributed by atoms with Gasteiger partial charge in [-0.1, -0.05) is 11.3 Å². The first-order chi connectivity index (χ1) is 6.07. The van der Waals surface area contributed by atoms with Gasteiger partial charge >= 0.3 is 0 Å². The first kappa shape index (κ1) is 8.77. The summed E-state index contributed by atoms with van der Waals surface area (Å²) in [4.78, 5) is 6.24. The van der Waals surface area contributed by atoms with Crippen molar-refractivity contribution in [3.05, 3.63) is 6.20 Å². The van der Waals surface area contributed by atoms with Gasteiger partial charge in [-0.15, -0.1) is 0 Å². The Morgan fingerprint density at radius 3 is 3.00 bits per heavy atom. The molecule has 0 bridgehead atoms. The molecule has 1 atom stereocenters. The van der Waals surface area contributed by atoms with Gasteiger partial charge in [0, 0.05) is 13.1 Å². The number of β-amino-alcohol motifs (C(OH)–C–C–N with tert-alkyl or cyclic N) is 1. The van der Waals surface area contributed by atoms with Crippen molar-refractivity contribution in [2.75, 3.05) is 23.7 Å². The Labute approximate surface area is 81.0 Å². The fourth-order valence-electron chi connectivity index (χ4n) is 1.53. The molecule has 2 rings (SSSR count). The summed E-state index contributed by atoms with van der Waals surface area (Å²) >= 11 is 1.47. The number of hydrogen-bond donors (Lipinski definition) is 2. The quantitative estimate of drug-likeness (QED) is 0.698. The molecule has 1 aliphatic heterocycles. The van der Waals surface area contributed by atoms with Gasteiger partial charge in [-0.2, -0.15) is 0 Å². The highest BCUT2D eigenvalue weighted by molar-refractivity contribution is 7.19. The molecule has 1 aromatic rings. The van der Waals surface area contributed by atoms with Gasteiger partial charge < -0.3 is 15.7 Å². The Balaban J connectivity index is 2.12. The van der Waals surface area contributed by atoms with Gasteiger partial charge in [0.25, 0.3) is 0 Å². The average molecular weight is 199 g/mol. The van der Waals surface area contributed by atoms with E-state index in [-0.39, 0.29) is 0 Å². The molecule has 0 spiro atoms. The van der Waals surface area contributed by atoms with Crippen LogP contribution < -0.4 is 10.6 Å². The van der Waals surface area contributed by atoms with Crippen molar-refractivity contribution >= 4 is 21.5 Å². The van der Waals surface area contributed by atoms with Gasteiger partial charge in [0.1, 0.15) is 5.00 Å². The van der Waals surface area contributed by atoms with E-state index in [4.69, 9.17) is 5.73 Å². The molecule has 5 heteroatoms. The van der Waals surface area contributed by atoms with Gasteiger partial charge in [-0.3, -0.25) is 0 Å². The van der Waals surface area contributed by atoms with Crippen LogP contribution in [0.1, 0.15) is 13.3 Å². The summed E-state index contributed by atoms with van der Waals surface area (Å²) in [6.07, 6.45) is 2.46. The highest BCUT2D eigenvalue weighted by atomic mass is 32.1. The molecular weight excluding hydrogens is 186 g/mol. The smallest absolute Gasteiger partial charge is 0.187 e. The second-order valence-corrected chi connectivity index (χ2v) is 4.75. The van der Waals surface area contributed by atoms with E-state index in [9.17, 15) is 5.11 Å². The Hall–Kier alpha value is -0.810. The number of aromatic nitrogens is 1. The third-order valence-corrected chi connectivity index (χ3v) is 3.12. The van der Waals surface area contributed by atoms with Crippen LogP contribution in [0, 0.1) is 0 Å². The lowest BCUT2D eigenvalue weighted by atomic mass is 10.1. The van der Waals surface area contributed by atoms with Crippen molar-refractivity contribution in [1.29, 1.82) is 0 Å². The van der Waals surface area contributed by atoms with E-state index in [2.05, 4.69) is 9.88 Å². The lowest BCUT2D eigenvalue weighted by Gasteiger charge is -2.17. The molecule has 0 aromatic carbocycles. The normalized spacial score (nSPS) is 28.3. The molecule has 72 valence electrons. The summed E-state index contributed by atoms with van der Waals surface area (Å²) in [6.45, 7) is 3.36. The van der Waals surface area contributed by atoms with Crippen LogP contribution in [0.15, 0.2) is 6.20 Å². The van der Waals surface area contributed by atoms with Crippen LogP contribution in [0.2, 0.25) is 0 Å². The Kier molecular flexibility index (Phi) is 1.92. The number of hydrogen-bond acceptors (Lipinski definition) is 5. The van der Waals surface area contributed by atoms with E-state index in [1.54, 1.807) is 6.20 Å². The zero-order valence-electron chi connectivity index (χ0n) is 7.53. The van der Waals surface area contributed by atoms with Crippen molar-refractivity contribution in [2.45, 2.75) is 18.9 Å². The fourth-order valence-corrected chi connectivity index (χ4v) is 2.24. The van der Waals surface area contributed by atoms with E-state index < -0.39 is 5.60 Å². The second kappa shape index (κ2) is 2.85. The topological polar surface area (TPSA) is 62.4 Å². The number of aliphatic hydroxyl groups is 1. The van der Waals surface area contributed by atoms with Gasteiger partial charge in [0.15, 0.2) is 5.13 Å².